The number of aliphatic hydroxyl groups excluding tert-OH is 1. The molecular formula is C17H29N3O5. The van der Waals surface area contributed by atoms with E-state index in [-0.39, 0.29) is 11.9 Å². The Balaban J connectivity index is 1.87. The first-order valence-electron chi connectivity index (χ1n) is 8.73. The fourth-order valence-corrected chi connectivity index (χ4v) is 3.72. The van der Waals surface area contributed by atoms with Gasteiger partial charge in [-0.05, 0) is 53.4 Å². The van der Waals surface area contributed by atoms with E-state index in [0.29, 0.717) is 32.2 Å². The summed E-state index contributed by atoms with van der Waals surface area (Å²) in [5.74, 6) is -0.827. The molecule has 1 unspecified atom stereocenters. The van der Waals surface area contributed by atoms with Gasteiger partial charge in [-0.2, -0.15) is 0 Å². The standard InChI is InChI=1S/C17H29N3O5/c1-10(21)12(13(18)22)20-9-17(14(20)23)7-5-11(6-8-17)19-15(24)25-16(2,3)4/h10-12,21H,5-9H2,1-4H3,(H2,18,22)(H,19,24)/t10-,11?,12?,17?/m1/s1. The maximum Gasteiger partial charge on any atom is 0.407 e. The van der Waals surface area contributed by atoms with Crippen LogP contribution in [0.25, 0.3) is 0 Å². The normalized spacial score (nSPS) is 28.9. The summed E-state index contributed by atoms with van der Waals surface area (Å²) >= 11 is 0. The van der Waals surface area contributed by atoms with Crippen LogP contribution in [0.5, 0.6) is 0 Å². The maximum atomic E-state index is 12.6. The Kier molecular flexibility index (Phi) is 5.32. The van der Waals surface area contributed by atoms with Crippen LogP contribution in [-0.4, -0.2) is 58.2 Å². The molecule has 0 aromatic rings. The average molecular weight is 355 g/mol. The highest BCUT2D eigenvalue weighted by Gasteiger charge is 2.56. The second-order valence-electron chi connectivity index (χ2n) is 8.22. The lowest BCUT2D eigenvalue weighted by Gasteiger charge is -2.54. The molecule has 25 heavy (non-hydrogen) atoms. The molecular weight excluding hydrogens is 326 g/mol. The second-order valence-corrected chi connectivity index (χ2v) is 8.22. The number of β-lactam (4-membered cyclic amide) rings is 1. The van der Waals surface area contributed by atoms with Crippen LogP contribution in [0.2, 0.25) is 0 Å². The number of aliphatic hydroxyl groups is 1. The lowest BCUT2D eigenvalue weighted by atomic mass is 9.66. The third kappa shape index (κ3) is 4.23. The third-order valence-electron chi connectivity index (χ3n) is 4.94. The largest absolute Gasteiger partial charge is 0.444 e. The molecule has 1 saturated heterocycles. The van der Waals surface area contributed by atoms with Crippen molar-refractivity contribution in [2.75, 3.05) is 6.54 Å². The van der Waals surface area contributed by atoms with Crippen molar-refractivity contribution >= 4 is 17.9 Å². The van der Waals surface area contributed by atoms with Gasteiger partial charge in [-0.1, -0.05) is 0 Å². The summed E-state index contributed by atoms with van der Waals surface area (Å²) in [4.78, 5) is 37.3. The molecule has 8 nitrogen and oxygen atoms in total. The topological polar surface area (TPSA) is 122 Å². The Morgan fingerprint density at radius 3 is 2.32 bits per heavy atom. The number of carbonyl (C=O) groups is 3. The molecule has 1 heterocycles. The van der Waals surface area contributed by atoms with Crippen molar-refractivity contribution in [3.63, 3.8) is 0 Å². The minimum Gasteiger partial charge on any atom is -0.444 e. The molecule has 2 rings (SSSR count). The van der Waals surface area contributed by atoms with E-state index in [1.165, 1.54) is 11.8 Å². The number of nitrogens with one attached hydrogen (secondary N) is 1. The van der Waals surface area contributed by atoms with Crippen molar-refractivity contribution in [2.45, 2.75) is 77.2 Å². The van der Waals surface area contributed by atoms with Crippen molar-refractivity contribution < 1.29 is 24.2 Å². The monoisotopic (exact) mass is 355 g/mol. The summed E-state index contributed by atoms with van der Waals surface area (Å²) in [7, 11) is 0. The molecule has 8 heteroatoms. The zero-order chi connectivity index (χ0) is 19.0. The Bertz CT molecular complexity index is 547. The predicted octanol–water partition coefficient (Wildman–Crippen LogP) is 0.517. The van der Waals surface area contributed by atoms with Crippen LogP contribution in [0.15, 0.2) is 0 Å². The van der Waals surface area contributed by atoms with Crippen LogP contribution >= 0.6 is 0 Å². The summed E-state index contributed by atoms with van der Waals surface area (Å²) in [6.45, 7) is 7.29. The molecule has 4 N–H and O–H groups in total. The molecule has 1 aliphatic heterocycles. The van der Waals surface area contributed by atoms with Gasteiger partial charge in [0.15, 0.2) is 0 Å². The fraction of sp³-hybridized carbons (Fsp3) is 0.824. The second kappa shape index (κ2) is 6.82. The number of hydrogen-bond acceptors (Lipinski definition) is 5. The first-order chi connectivity index (χ1) is 11.4. The number of primary amides is 1. The SMILES string of the molecule is C[C@@H](O)C(C(N)=O)N1CC2(CCC(NC(=O)OC(C)(C)C)CC2)C1=O. The summed E-state index contributed by atoms with van der Waals surface area (Å²) in [6.07, 6.45) is 1.17. The van der Waals surface area contributed by atoms with Crippen molar-refractivity contribution in [3.8, 4) is 0 Å². The van der Waals surface area contributed by atoms with Crippen LogP contribution in [0.4, 0.5) is 4.79 Å². The zero-order valence-electron chi connectivity index (χ0n) is 15.4. The van der Waals surface area contributed by atoms with Gasteiger partial charge in [-0.15, -0.1) is 0 Å². The van der Waals surface area contributed by atoms with Gasteiger partial charge < -0.3 is 25.8 Å². The smallest absolute Gasteiger partial charge is 0.407 e. The van der Waals surface area contributed by atoms with Crippen LogP contribution in [0.1, 0.15) is 53.4 Å². The van der Waals surface area contributed by atoms with E-state index in [1.54, 1.807) is 20.8 Å². The van der Waals surface area contributed by atoms with Gasteiger partial charge in [0.25, 0.3) is 0 Å². The van der Waals surface area contributed by atoms with Gasteiger partial charge in [0.05, 0.1) is 11.5 Å². The molecule has 2 aliphatic rings. The lowest BCUT2D eigenvalue weighted by molar-refractivity contribution is -0.175. The highest BCUT2D eigenvalue weighted by molar-refractivity contribution is 5.94. The number of carbonyl (C=O) groups excluding carboxylic acids is 3. The van der Waals surface area contributed by atoms with Gasteiger partial charge in [-0.25, -0.2) is 4.79 Å². The molecule has 1 spiro atoms. The summed E-state index contributed by atoms with van der Waals surface area (Å²) in [6, 6.07) is -0.998. The molecule has 0 aromatic heterocycles. The average Bonchev–Trinajstić information content (AvgIpc) is 2.45. The maximum absolute atomic E-state index is 12.6. The van der Waals surface area contributed by atoms with Crippen LogP contribution in [0.3, 0.4) is 0 Å². The van der Waals surface area contributed by atoms with E-state index < -0.39 is 35.2 Å². The number of likely N-dealkylation sites (tertiary alicyclic amines) is 1. The Morgan fingerprint density at radius 1 is 1.36 bits per heavy atom. The molecule has 0 aromatic carbocycles. The summed E-state index contributed by atoms with van der Waals surface area (Å²) in [5.41, 5.74) is 4.26. The number of rotatable bonds is 4. The fourth-order valence-electron chi connectivity index (χ4n) is 3.72. The minimum atomic E-state index is -0.996. The first kappa shape index (κ1) is 19.5. The minimum absolute atomic E-state index is 0.0222. The summed E-state index contributed by atoms with van der Waals surface area (Å²) < 4.78 is 5.25. The number of ether oxygens (including phenoxy) is 1. The predicted molar refractivity (Wildman–Crippen MR) is 90.4 cm³/mol. The number of hydrogen-bond donors (Lipinski definition) is 3. The van der Waals surface area contributed by atoms with Crippen molar-refractivity contribution in [1.29, 1.82) is 0 Å². The number of nitrogens with zero attached hydrogens (tertiary/aromatic N) is 1. The van der Waals surface area contributed by atoms with Gasteiger partial charge in [0.1, 0.15) is 11.6 Å². The Labute approximate surface area is 148 Å². The Morgan fingerprint density at radius 2 is 1.92 bits per heavy atom. The van der Waals surface area contributed by atoms with Crippen molar-refractivity contribution in [3.05, 3.63) is 0 Å². The quantitative estimate of drug-likeness (QED) is 0.635. The number of nitrogens with two attached hydrogens (primary N) is 1. The van der Waals surface area contributed by atoms with Crippen LogP contribution < -0.4 is 11.1 Å². The van der Waals surface area contributed by atoms with Gasteiger partial charge >= 0.3 is 6.09 Å². The molecule has 0 radical (unpaired) electrons. The zero-order valence-corrected chi connectivity index (χ0v) is 15.4. The molecule has 2 fully saturated rings. The molecule has 1 saturated carbocycles. The molecule has 2 atom stereocenters. The number of amides is 3. The molecule has 3 amide bonds. The van der Waals surface area contributed by atoms with Gasteiger partial charge in [0, 0.05) is 12.6 Å². The van der Waals surface area contributed by atoms with Crippen molar-refractivity contribution in [1.82, 2.24) is 10.2 Å². The van der Waals surface area contributed by atoms with E-state index in [1.807, 2.05) is 0 Å². The van der Waals surface area contributed by atoms with E-state index >= 15 is 0 Å². The molecule has 1 aliphatic carbocycles. The van der Waals surface area contributed by atoms with Crippen LogP contribution in [0, 0.1) is 5.41 Å². The van der Waals surface area contributed by atoms with Gasteiger partial charge in [-0.3, -0.25) is 9.59 Å². The van der Waals surface area contributed by atoms with E-state index in [0.717, 1.165) is 0 Å². The highest BCUT2D eigenvalue weighted by Crippen LogP contribution is 2.46. The van der Waals surface area contributed by atoms with Crippen molar-refractivity contribution in [2.24, 2.45) is 11.1 Å². The molecule has 142 valence electrons. The van der Waals surface area contributed by atoms with E-state index in [4.69, 9.17) is 10.5 Å². The van der Waals surface area contributed by atoms with E-state index in [9.17, 15) is 19.5 Å². The van der Waals surface area contributed by atoms with E-state index in [2.05, 4.69) is 5.32 Å². The lowest BCUT2D eigenvalue weighted by Crippen LogP contribution is -2.69. The van der Waals surface area contributed by atoms with Crippen LogP contribution in [-0.2, 0) is 14.3 Å². The van der Waals surface area contributed by atoms with Gasteiger partial charge in [0.2, 0.25) is 11.8 Å². The first-order valence-corrected chi connectivity index (χ1v) is 8.73. The number of alkyl carbamates (subject to hydrolysis) is 1. The highest BCUT2D eigenvalue weighted by atomic mass is 16.6. The summed E-state index contributed by atoms with van der Waals surface area (Å²) in [5, 5.41) is 12.5. The Hall–Kier alpha value is -1.83. The third-order valence-corrected chi connectivity index (χ3v) is 4.94. The molecule has 0 bridgehead atoms.